The Morgan fingerprint density at radius 1 is 1.44 bits per heavy atom. The molecule has 4 nitrogen and oxygen atoms in total. The van der Waals surface area contributed by atoms with E-state index in [2.05, 4.69) is 20.0 Å². The van der Waals surface area contributed by atoms with Crippen LogP contribution in [0.1, 0.15) is 5.89 Å². The van der Waals surface area contributed by atoms with Crippen LogP contribution in [0.4, 0.5) is 18.2 Å². The van der Waals surface area contributed by atoms with Gasteiger partial charge in [-0.25, -0.2) is 0 Å². The van der Waals surface area contributed by atoms with Crippen LogP contribution in [0.2, 0.25) is 0 Å². The highest BCUT2D eigenvalue weighted by Crippen LogP contribution is 2.31. The van der Waals surface area contributed by atoms with E-state index in [1.807, 2.05) is 0 Å². The summed E-state index contributed by atoms with van der Waals surface area (Å²) in [6.45, 7) is 0. The van der Waals surface area contributed by atoms with Crippen LogP contribution in [-0.4, -0.2) is 17.2 Å². The van der Waals surface area contributed by atoms with Gasteiger partial charge in [0.2, 0.25) is 5.82 Å². The summed E-state index contributed by atoms with van der Waals surface area (Å²) in [5.41, 5.74) is 0.494. The third-order valence-corrected chi connectivity index (χ3v) is 2.72. The van der Waals surface area contributed by atoms with Crippen LogP contribution in [0.15, 0.2) is 16.0 Å². The molecule has 2 aromatic rings. The third-order valence-electron chi connectivity index (χ3n) is 1.77. The molecule has 0 amide bonds. The van der Waals surface area contributed by atoms with Gasteiger partial charge in [-0.1, -0.05) is 5.16 Å². The van der Waals surface area contributed by atoms with Crippen molar-refractivity contribution in [2.24, 2.45) is 0 Å². The van der Waals surface area contributed by atoms with Crippen molar-refractivity contribution >= 4 is 16.3 Å². The Morgan fingerprint density at radius 3 is 2.69 bits per heavy atom. The lowest BCUT2D eigenvalue weighted by Crippen LogP contribution is -2.04. The van der Waals surface area contributed by atoms with E-state index in [1.165, 1.54) is 11.3 Å². The van der Waals surface area contributed by atoms with Gasteiger partial charge in [-0.3, -0.25) is 0 Å². The Bertz CT molecular complexity index is 491. The van der Waals surface area contributed by atoms with Crippen molar-refractivity contribution in [1.29, 1.82) is 0 Å². The van der Waals surface area contributed by atoms with E-state index in [1.54, 1.807) is 18.5 Å². The molecular weight excluding hydrogens is 243 g/mol. The molecule has 2 rings (SSSR count). The normalized spacial score (nSPS) is 11.8. The van der Waals surface area contributed by atoms with Gasteiger partial charge in [0.25, 0.3) is 0 Å². The monoisotopic (exact) mass is 249 g/mol. The Kier molecular flexibility index (Phi) is 2.58. The minimum Gasteiger partial charge on any atom is -0.380 e. The number of alkyl halides is 3. The first-order chi connectivity index (χ1) is 7.50. The smallest absolute Gasteiger partial charge is 0.380 e. The van der Waals surface area contributed by atoms with Gasteiger partial charge in [0.15, 0.2) is 0 Å². The Labute approximate surface area is 92.1 Å². The van der Waals surface area contributed by atoms with E-state index >= 15 is 0 Å². The van der Waals surface area contributed by atoms with E-state index in [4.69, 9.17) is 0 Å². The minimum absolute atomic E-state index is 0.0647. The molecule has 0 saturated carbocycles. The molecule has 0 aliphatic heterocycles. The quantitative estimate of drug-likeness (QED) is 0.889. The molecule has 0 radical (unpaired) electrons. The van der Waals surface area contributed by atoms with Gasteiger partial charge in [-0.15, -0.1) is 11.3 Å². The van der Waals surface area contributed by atoms with Gasteiger partial charge in [-0.05, 0) is 6.07 Å². The second kappa shape index (κ2) is 3.78. The van der Waals surface area contributed by atoms with E-state index in [0.29, 0.717) is 5.56 Å². The number of rotatable bonds is 2. The summed E-state index contributed by atoms with van der Waals surface area (Å²) < 4.78 is 40.7. The number of anilines is 1. The molecule has 2 heterocycles. The van der Waals surface area contributed by atoms with Gasteiger partial charge in [0.1, 0.15) is 0 Å². The summed E-state index contributed by atoms with van der Waals surface area (Å²) in [4.78, 5) is 3.28. The highest BCUT2D eigenvalue weighted by atomic mass is 32.1. The highest BCUT2D eigenvalue weighted by Gasteiger charge is 2.38. The van der Waals surface area contributed by atoms with Crippen molar-refractivity contribution in [2.45, 2.75) is 6.18 Å². The van der Waals surface area contributed by atoms with Gasteiger partial charge >= 0.3 is 12.1 Å². The second-order valence-corrected chi connectivity index (χ2v) is 3.78. The molecule has 16 heavy (non-hydrogen) atoms. The lowest BCUT2D eigenvalue weighted by atomic mass is 10.3. The highest BCUT2D eigenvalue weighted by molar-refractivity contribution is 7.14. The first-order valence-electron chi connectivity index (χ1n) is 4.18. The third kappa shape index (κ3) is 2.01. The lowest BCUT2D eigenvalue weighted by molar-refractivity contribution is -0.159. The Morgan fingerprint density at radius 2 is 2.19 bits per heavy atom. The maximum atomic E-state index is 12.2. The van der Waals surface area contributed by atoms with E-state index in [0.717, 1.165) is 5.00 Å². The topological polar surface area (TPSA) is 51.0 Å². The molecule has 86 valence electrons. The standard InChI is InChI=1S/C8H6F3N3OS/c1-12-5-2-4(3-16-5)6-13-7(15-14-6)8(9,10)11/h2-3,12H,1H3. The maximum Gasteiger partial charge on any atom is 0.471 e. The molecule has 1 N–H and O–H groups in total. The first-order valence-corrected chi connectivity index (χ1v) is 5.06. The first kappa shape index (κ1) is 10.9. The zero-order chi connectivity index (χ0) is 11.8. The number of hydrogen-bond donors (Lipinski definition) is 1. The fourth-order valence-corrected chi connectivity index (χ4v) is 1.78. The molecule has 0 fully saturated rings. The molecule has 2 aromatic heterocycles. The summed E-state index contributed by atoms with van der Waals surface area (Å²) in [7, 11) is 1.72. The lowest BCUT2D eigenvalue weighted by Gasteiger charge is -1.95. The van der Waals surface area contributed by atoms with Crippen LogP contribution in [0.3, 0.4) is 0 Å². The zero-order valence-corrected chi connectivity index (χ0v) is 8.82. The number of hydrogen-bond acceptors (Lipinski definition) is 5. The van der Waals surface area contributed by atoms with Crippen LogP contribution >= 0.6 is 11.3 Å². The minimum atomic E-state index is -4.60. The molecule has 0 aromatic carbocycles. The van der Waals surface area contributed by atoms with Crippen molar-refractivity contribution < 1.29 is 17.7 Å². The summed E-state index contributed by atoms with van der Waals surface area (Å²) in [5.74, 6) is -1.40. The molecule has 0 unspecified atom stereocenters. The van der Waals surface area contributed by atoms with Crippen LogP contribution in [-0.2, 0) is 6.18 Å². The van der Waals surface area contributed by atoms with Crippen molar-refractivity contribution in [3.63, 3.8) is 0 Å². The zero-order valence-electron chi connectivity index (χ0n) is 8.00. The molecule has 8 heteroatoms. The molecule has 0 spiro atoms. The summed E-state index contributed by atoms with van der Waals surface area (Å²) in [6.07, 6.45) is -4.60. The van der Waals surface area contributed by atoms with E-state index < -0.39 is 12.1 Å². The van der Waals surface area contributed by atoms with Crippen molar-refractivity contribution in [2.75, 3.05) is 12.4 Å². The van der Waals surface area contributed by atoms with Gasteiger partial charge in [0.05, 0.1) is 5.00 Å². The van der Waals surface area contributed by atoms with Crippen molar-refractivity contribution in [3.8, 4) is 11.4 Å². The average Bonchev–Trinajstić information content (AvgIpc) is 2.85. The number of nitrogens with zero attached hydrogens (tertiary/aromatic N) is 2. The second-order valence-electron chi connectivity index (χ2n) is 2.87. The number of halogens is 3. The van der Waals surface area contributed by atoms with Crippen LogP contribution < -0.4 is 5.32 Å². The Balaban J connectivity index is 2.31. The van der Waals surface area contributed by atoms with Crippen LogP contribution in [0, 0.1) is 0 Å². The van der Waals surface area contributed by atoms with Crippen LogP contribution in [0.25, 0.3) is 11.4 Å². The summed E-state index contributed by atoms with van der Waals surface area (Å²) in [6, 6.07) is 1.65. The Hall–Kier alpha value is -1.57. The predicted molar refractivity (Wildman–Crippen MR) is 52.2 cm³/mol. The molecule has 0 saturated heterocycles. The van der Waals surface area contributed by atoms with Gasteiger partial charge in [0, 0.05) is 18.0 Å². The summed E-state index contributed by atoms with van der Waals surface area (Å²) >= 11 is 1.35. The molecular formula is C8H6F3N3OS. The van der Waals surface area contributed by atoms with Gasteiger partial charge < -0.3 is 9.84 Å². The van der Waals surface area contributed by atoms with Crippen molar-refractivity contribution in [1.82, 2.24) is 10.1 Å². The SMILES string of the molecule is CNc1cc(-c2noc(C(F)(F)F)n2)cs1. The van der Waals surface area contributed by atoms with Crippen molar-refractivity contribution in [3.05, 3.63) is 17.3 Å². The molecule has 0 aliphatic carbocycles. The molecule has 0 atom stereocenters. The fraction of sp³-hybridized carbons (Fsp3) is 0.250. The fourth-order valence-electron chi connectivity index (χ4n) is 1.04. The molecule has 0 aliphatic rings. The number of thiophene rings is 1. The van der Waals surface area contributed by atoms with E-state index in [-0.39, 0.29) is 5.82 Å². The number of nitrogens with one attached hydrogen (secondary N) is 1. The van der Waals surface area contributed by atoms with Crippen LogP contribution in [0.5, 0.6) is 0 Å². The average molecular weight is 249 g/mol. The number of aromatic nitrogens is 2. The van der Waals surface area contributed by atoms with Gasteiger partial charge in [-0.2, -0.15) is 18.2 Å². The maximum absolute atomic E-state index is 12.2. The van der Waals surface area contributed by atoms with E-state index in [9.17, 15) is 13.2 Å². The predicted octanol–water partition coefficient (Wildman–Crippen LogP) is 2.86. The largest absolute Gasteiger partial charge is 0.471 e. The molecule has 0 bridgehead atoms. The summed E-state index contributed by atoms with van der Waals surface area (Å²) in [5, 5.41) is 8.60.